The number of aliphatic carboxylic acids is 1. The summed E-state index contributed by atoms with van der Waals surface area (Å²) in [5.41, 5.74) is 1.09. The minimum Gasteiger partial charge on any atom is -0.546 e. The van der Waals surface area contributed by atoms with Crippen LogP contribution in [0.25, 0.3) is 10.1 Å². The van der Waals surface area contributed by atoms with Crippen LogP contribution in [0.15, 0.2) is 6.07 Å². The number of aryl methyl sites for hydroxylation is 2. The zero-order chi connectivity index (χ0) is 13.4. The lowest BCUT2D eigenvalue weighted by atomic mass is 10.1. The molecule has 0 unspecified atom stereocenters. The predicted molar refractivity (Wildman–Crippen MR) is 71.8 cm³/mol. The summed E-state index contributed by atoms with van der Waals surface area (Å²) in [5, 5.41) is 11.9. The quantitative estimate of drug-likeness (QED) is 0.876. The Kier molecular flexibility index (Phi) is 3.71. The first-order chi connectivity index (χ1) is 8.41. The fourth-order valence-electron chi connectivity index (χ4n) is 1.63. The number of benzene rings is 1. The molecule has 0 radical (unpaired) electrons. The SMILES string of the molecule is Cc1sc2c(Cl)c(Cl)c(OCC(=O)[O-])cc2c1C. The van der Waals surface area contributed by atoms with Crippen molar-refractivity contribution >= 4 is 50.6 Å². The van der Waals surface area contributed by atoms with E-state index in [1.807, 2.05) is 13.8 Å². The molecule has 1 aromatic carbocycles. The van der Waals surface area contributed by atoms with Gasteiger partial charge in [0.15, 0.2) is 0 Å². The molecule has 3 nitrogen and oxygen atoms in total. The summed E-state index contributed by atoms with van der Waals surface area (Å²) in [6.07, 6.45) is 0. The minimum atomic E-state index is -1.31. The van der Waals surface area contributed by atoms with Crippen molar-refractivity contribution < 1.29 is 14.6 Å². The molecule has 0 bridgehead atoms. The number of carbonyl (C=O) groups excluding carboxylic acids is 1. The first-order valence-corrected chi connectivity index (χ1v) is 6.69. The summed E-state index contributed by atoms with van der Waals surface area (Å²) >= 11 is 13.8. The first kappa shape index (κ1) is 13.5. The number of rotatable bonds is 3. The maximum atomic E-state index is 10.4. The zero-order valence-corrected chi connectivity index (χ0v) is 12.0. The van der Waals surface area contributed by atoms with Gasteiger partial charge in [-0.05, 0) is 25.5 Å². The molecule has 18 heavy (non-hydrogen) atoms. The summed E-state index contributed by atoms with van der Waals surface area (Å²) in [6, 6.07) is 1.71. The lowest BCUT2D eigenvalue weighted by Gasteiger charge is -2.10. The monoisotopic (exact) mass is 303 g/mol. The van der Waals surface area contributed by atoms with Gasteiger partial charge in [-0.3, -0.25) is 0 Å². The van der Waals surface area contributed by atoms with Crippen molar-refractivity contribution in [1.82, 2.24) is 0 Å². The molecule has 1 heterocycles. The van der Waals surface area contributed by atoms with E-state index in [1.54, 1.807) is 17.4 Å². The summed E-state index contributed by atoms with van der Waals surface area (Å²) in [4.78, 5) is 11.5. The van der Waals surface area contributed by atoms with E-state index >= 15 is 0 Å². The molecule has 0 aliphatic heterocycles. The normalized spacial score (nSPS) is 10.9. The third-order valence-corrected chi connectivity index (χ3v) is 4.86. The Morgan fingerprint density at radius 2 is 2.06 bits per heavy atom. The van der Waals surface area contributed by atoms with Crippen molar-refractivity contribution in [3.05, 3.63) is 26.6 Å². The van der Waals surface area contributed by atoms with Crippen molar-refractivity contribution in [1.29, 1.82) is 0 Å². The number of halogens is 2. The van der Waals surface area contributed by atoms with Gasteiger partial charge in [-0.1, -0.05) is 23.2 Å². The molecule has 96 valence electrons. The second kappa shape index (κ2) is 4.96. The van der Waals surface area contributed by atoms with Gasteiger partial charge in [-0.2, -0.15) is 0 Å². The maximum absolute atomic E-state index is 10.4. The Morgan fingerprint density at radius 1 is 1.39 bits per heavy atom. The van der Waals surface area contributed by atoms with E-state index in [-0.39, 0.29) is 10.8 Å². The van der Waals surface area contributed by atoms with Crippen LogP contribution in [0.4, 0.5) is 0 Å². The topological polar surface area (TPSA) is 49.4 Å². The number of hydrogen-bond acceptors (Lipinski definition) is 4. The third kappa shape index (κ3) is 2.28. The molecule has 2 rings (SSSR count). The Hall–Kier alpha value is -0.970. The summed E-state index contributed by atoms with van der Waals surface area (Å²) in [6.45, 7) is 3.41. The van der Waals surface area contributed by atoms with E-state index in [2.05, 4.69) is 0 Å². The molecule has 1 aromatic heterocycles. The van der Waals surface area contributed by atoms with Gasteiger partial charge >= 0.3 is 0 Å². The molecule has 0 amide bonds. The summed E-state index contributed by atoms with van der Waals surface area (Å²) < 4.78 is 5.96. The first-order valence-electron chi connectivity index (χ1n) is 5.12. The fourth-order valence-corrected chi connectivity index (χ4v) is 3.28. The van der Waals surface area contributed by atoms with Crippen LogP contribution >= 0.6 is 34.5 Å². The standard InChI is InChI=1S/C12H10Cl2O3S/c1-5-6(2)18-12-7(5)3-8(10(13)11(12)14)17-4-9(15)16/h3H,4H2,1-2H3,(H,15,16)/p-1. The van der Waals surface area contributed by atoms with Crippen LogP contribution < -0.4 is 9.84 Å². The highest BCUT2D eigenvalue weighted by Gasteiger charge is 2.16. The highest BCUT2D eigenvalue weighted by Crippen LogP contribution is 2.43. The lowest BCUT2D eigenvalue weighted by Crippen LogP contribution is -2.29. The van der Waals surface area contributed by atoms with Crippen LogP contribution in [0.5, 0.6) is 5.75 Å². The van der Waals surface area contributed by atoms with Crippen LogP contribution in [-0.2, 0) is 4.79 Å². The number of carboxylic acids is 1. The van der Waals surface area contributed by atoms with Crippen molar-refractivity contribution in [3.63, 3.8) is 0 Å². The Bertz CT molecular complexity index is 634. The number of thiophene rings is 1. The Balaban J connectivity index is 2.58. The molecule has 0 aliphatic carbocycles. The molecule has 0 spiro atoms. The number of carbonyl (C=O) groups is 1. The van der Waals surface area contributed by atoms with Gasteiger partial charge in [0.25, 0.3) is 0 Å². The van der Waals surface area contributed by atoms with E-state index in [0.717, 1.165) is 20.5 Å². The number of fused-ring (bicyclic) bond motifs is 1. The summed E-state index contributed by atoms with van der Waals surface area (Å²) in [5.74, 6) is -1.04. The van der Waals surface area contributed by atoms with Crippen LogP contribution in [0.2, 0.25) is 10.0 Å². The van der Waals surface area contributed by atoms with E-state index < -0.39 is 12.6 Å². The minimum absolute atomic E-state index is 0.228. The van der Waals surface area contributed by atoms with Crippen LogP contribution in [0.1, 0.15) is 10.4 Å². The molecule has 0 N–H and O–H groups in total. The van der Waals surface area contributed by atoms with Crippen molar-refractivity contribution in [2.75, 3.05) is 6.61 Å². The average molecular weight is 304 g/mol. The molecule has 2 aromatic rings. The fraction of sp³-hybridized carbons (Fsp3) is 0.250. The van der Waals surface area contributed by atoms with Gasteiger partial charge in [-0.15, -0.1) is 11.3 Å². The van der Waals surface area contributed by atoms with Crippen molar-refractivity contribution in [3.8, 4) is 5.75 Å². The maximum Gasteiger partial charge on any atom is 0.140 e. The van der Waals surface area contributed by atoms with Gasteiger partial charge in [-0.25, -0.2) is 0 Å². The molecule has 0 saturated heterocycles. The lowest BCUT2D eigenvalue weighted by molar-refractivity contribution is -0.307. The van der Waals surface area contributed by atoms with E-state index in [1.165, 1.54) is 0 Å². The van der Waals surface area contributed by atoms with Gasteiger partial charge in [0.1, 0.15) is 17.4 Å². The van der Waals surface area contributed by atoms with Gasteiger partial charge < -0.3 is 14.6 Å². The van der Waals surface area contributed by atoms with Crippen molar-refractivity contribution in [2.45, 2.75) is 13.8 Å². The van der Waals surface area contributed by atoms with Crippen LogP contribution in [0.3, 0.4) is 0 Å². The second-order valence-corrected chi connectivity index (χ2v) is 5.80. The zero-order valence-electron chi connectivity index (χ0n) is 9.67. The third-order valence-electron chi connectivity index (χ3n) is 2.66. The smallest absolute Gasteiger partial charge is 0.140 e. The number of carboxylic acid groups (broad SMARTS) is 1. The molecular formula is C12H9Cl2O3S-. The van der Waals surface area contributed by atoms with E-state index in [0.29, 0.717) is 5.02 Å². The Morgan fingerprint density at radius 3 is 2.67 bits per heavy atom. The average Bonchev–Trinajstić information content (AvgIpc) is 2.59. The summed E-state index contributed by atoms with van der Waals surface area (Å²) in [7, 11) is 0. The number of hydrogen-bond donors (Lipinski definition) is 0. The molecular weight excluding hydrogens is 295 g/mol. The molecule has 0 aliphatic rings. The molecule has 0 fully saturated rings. The second-order valence-electron chi connectivity index (χ2n) is 3.82. The van der Waals surface area contributed by atoms with Gasteiger partial charge in [0, 0.05) is 10.3 Å². The highest BCUT2D eigenvalue weighted by molar-refractivity contribution is 7.20. The molecule has 0 saturated carbocycles. The highest BCUT2D eigenvalue weighted by atomic mass is 35.5. The number of ether oxygens (including phenoxy) is 1. The van der Waals surface area contributed by atoms with Gasteiger partial charge in [0.2, 0.25) is 0 Å². The van der Waals surface area contributed by atoms with Crippen molar-refractivity contribution in [2.24, 2.45) is 0 Å². The van der Waals surface area contributed by atoms with Gasteiger partial charge in [0.05, 0.1) is 15.7 Å². The van der Waals surface area contributed by atoms with Crippen LogP contribution in [-0.4, -0.2) is 12.6 Å². The van der Waals surface area contributed by atoms with Crippen LogP contribution in [0, 0.1) is 13.8 Å². The van der Waals surface area contributed by atoms with E-state index in [9.17, 15) is 9.90 Å². The molecule has 0 atom stereocenters. The Labute approximate surface area is 118 Å². The molecule has 6 heteroatoms. The largest absolute Gasteiger partial charge is 0.546 e. The van der Waals surface area contributed by atoms with E-state index in [4.69, 9.17) is 27.9 Å². The predicted octanol–water partition coefficient (Wildman–Crippen LogP) is 2.95.